The Kier molecular flexibility index (Phi) is 7.65. The number of carbonyl (C=O) groups is 1. The molecule has 0 aromatic heterocycles. The van der Waals surface area contributed by atoms with Crippen molar-refractivity contribution in [2.45, 2.75) is 18.2 Å². The van der Waals surface area contributed by atoms with Crippen LogP contribution in [0.3, 0.4) is 0 Å². The van der Waals surface area contributed by atoms with Crippen LogP contribution < -0.4 is 9.61 Å². The number of nitrogens with zero attached hydrogens (tertiary/aromatic N) is 1. The Morgan fingerprint density at radius 1 is 1.00 bits per heavy atom. The second-order valence-electron chi connectivity index (χ2n) is 6.07. The Hall–Kier alpha value is -1.01. The number of thiol groups is 1. The van der Waals surface area contributed by atoms with Gasteiger partial charge in [-0.1, -0.05) is 43.1 Å². The summed E-state index contributed by atoms with van der Waals surface area (Å²) in [5, 5.41) is -1.31. The van der Waals surface area contributed by atoms with Crippen LogP contribution in [0.5, 0.6) is 0 Å². The van der Waals surface area contributed by atoms with Crippen LogP contribution in [0.1, 0.15) is 22.3 Å². The van der Waals surface area contributed by atoms with Gasteiger partial charge < -0.3 is 19.6 Å². The van der Waals surface area contributed by atoms with Crippen LogP contribution in [0.2, 0.25) is 0 Å². The first-order valence-corrected chi connectivity index (χ1v) is 12.3. The average molecular weight is 463 g/mol. The van der Waals surface area contributed by atoms with E-state index in [0.717, 1.165) is 5.30 Å². The monoisotopic (exact) mass is 463 g/mol. The summed E-state index contributed by atoms with van der Waals surface area (Å²) in [6.07, 6.45) is -0.325. The molecular formula is C16H20NO7P3S. The highest BCUT2D eigenvalue weighted by Crippen LogP contribution is 2.61. The number of carbonyl (C=O) groups excluding carboxylic acids is 1. The van der Waals surface area contributed by atoms with Crippen LogP contribution in [0.25, 0.3) is 0 Å². The van der Waals surface area contributed by atoms with Crippen molar-refractivity contribution in [1.29, 1.82) is 0 Å². The minimum absolute atomic E-state index is 0.0517. The fourth-order valence-corrected chi connectivity index (χ4v) is 5.63. The normalized spacial score (nSPS) is 12.2. The average Bonchev–Trinajstić information content (AvgIpc) is 2.59. The van der Waals surface area contributed by atoms with Gasteiger partial charge in [-0.2, -0.15) is 0 Å². The number of benzene rings is 2. The maximum Gasteiger partial charge on any atom is 0.340 e. The molecule has 0 saturated carbocycles. The van der Waals surface area contributed by atoms with Crippen LogP contribution in [0, 0.1) is 0 Å². The predicted octanol–water partition coefficient (Wildman–Crippen LogP) is 2.29. The first kappa shape index (κ1) is 23.3. The van der Waals surface area contributed by atoms with Gasteiger partial charge in [-0.05, 0) is 41.9 Å². The summed E-state index contributed by atoms with van der Waals surface area (Å²) in [6.45, 7) is 0. The summed E-state index contributed by atoms with van der Waals surface area (Å²) in [7, 11) is -7.40. The molecule has 8 nitrogen and oxygen atoms in total. The number of anilines is 1. The van der Waals surface area contributed by atoms with E-state index in [1.165, 1.54) is 4.31 Å². The molecule has 2 rings (SSSR count). The molecule has 0 fully saturated rings. The Balaban J connectivity index is 2.11. The van der Waals surface area contributed by atoms with E-state index < -0.39 is 20.6 Å². The number of hydrogen-bond donors (Lipinski definition) is 5. The van der Waals surface area contributed by atoms with Crippen LogP contribution in [0.4, 0.5) is 5.69 Å². The van der Waals surface area contributed by atoms with Crippen molar-refractivity contribution in [2.75, 3.05) is 4.31 Å². The fraction of sp³-hybridized carbons (Fsp3) is 0.188. The summed E-state index contributed by atoms with van der Waals surface area (Å²) in [4.78, 5) is 49.2. The van der Waals surface area contributed by atoms with Gasteiger partial charge in [0.15, 0.2) is 5.40 Å². The lowest BCUT2D eigenvalue weighted by Gasteiger charge is -2.20. The summed E-state index contributed by atoms with van der Waals surface area (Å²) in [5.74, 6) is -0.329. The van der Waals surface area contributed by atoms with E-state index in [1.807, 2.05) is 0 Å². The molecule has 4 N–H and O–H groups in total. The summed E-state index contributed by atoms with van der Waals surface area (Å²) < 4.78 is 23.8. The lowest BCUT2D eigenvalue weighted by molar-refractivity contribution is 0.101. The highest BCUT2D eigenvalue weighted by Gasteiger charge is 2.42. The van der Waals surface area contributed by atoms with Crippen molar-refractivity contribution in [1.82, 2.24) is 0 Å². The third-order valence-corrected chi connectivity index (χ3v) is 8.82. The highest BCUT2D eigenvalue weighted by molar-refractivity contribution is 7.82. The molecule has 0 saturated heterocycles. The summed E-state index contributed by atoms with van der Waals surface area (Å²) in [6, 6.07) is 13.4. The van der Waals surface area contributed by atoms with E-state index in [2.05, 4.69) is 22.1 Å². The lowest BCUT2D eigenvalue weighted by atomic mass is 10.1. The van der Waals surface area contributed by atoms with E-state index in [-0.39, 0.29) is 18.7 Å². The Morgan fingerprint density at radius 3 is 2.04 bits per heavy atom. The molecule has 0 aliphatic rings. The van der Waals surface area contributed by atoms with Crippen molar-refractivity contribution >= 4 is 54.1 Å². The maximum absolute atomic E-state index is 12.5. The topological polar surface area (TPSA) is 135 Å². The smallest absolute Gasteiger partial charge is 0.324 e. The van der Waals surface area contributed by atoms with Crippen molar-refractivity contribution in [3.8, 4) is 0 Å². The van der Waals surface area contributed by atoms with Gasteiger partial charge in [0.25, 0.3) is 5.91 Å². The second kappa shape index (κ2) is 9.21. The van der Waals surface area contributed by atoms with Gasteiger partial charge >= 0.3 is 15.2 Å². The molecule has 0 bridgehead atoms. The zero-order chi connectivity index (χ0) is 21.1. The Bertz CT molecular complexity index is 920. The number of aryl methyl sites for hydroxylation is 1. The zero-order valence-corrected chi connectivity index (χ0v) is 18.3. The van der Waals surface area contributed by atoms with Crippen molar-refractivity contribution < 1.29 is 33.5 Å². The first-order chi connectivity index (χ1) is 12.9. The maximum atomic E-state index is 12.5. The van der Waals surface area contributed by atoms with Gasteiger partial charge in [0.2, 0.25) is 0 Å². The van der Waals surface area contributed by atoms with Gasteiger partial charge in [0, 0.05) is 5.56 Å². The predicted molar refractivity (Wildman–Crippen MR) is 114 cm³/mol. The summed E-state index contributed by atoms with van der Waals surface area (Å²) >= 11 is 4.24. The number of hydrogen-bond acceptors (Lipinski definition) is 4. The third-order valence-electron chi connectivity index (χ3n) is 4.03. The molecule has 12 heteroatoms. The van der Waals surface area contributed by atoms with E-state index in [9.17, 15) is 13.9 Å². The van der Waals surface area contributed by atoms with E-state index >= 15 is 0 Å². The van der Waals surface area contributed by atoms with Crippen LogP contribution in [0.15, 0.2) is 48.5 Å². The molecule has 1 unspecified atom stereocenters. The van der Waals surface area contributed by atoms with Gasteiger partial charge in [0.1, 0.15) is 0 Å². The molecule has 0 heterocycles. The molecule has 28 heavy (non-hydrogen) atoms. The van der Waals surface area contributed by atoms with Gasteiger partial charge in [-0.25, -0.2) is 0 Å². The van der Waals surface area contributed by atoms with Crippen molar-refractivity contribution in [3.05, 3.63) is 59.7 Å². The number of amides is 1. The molecule has 1 atom stereocenters. The zero-order valence-electron chi connectivity index (χ0n) is 14.5. The first-order valence-electron chi connectivity index (χ1n) is 7.98. The molecule has 152 valence electrons. The van der Waals surface area contributed by atoms with E-state index in [4.69, 9.17) is 19.6 Å². The van der Waals surface area contributed by atoms with Gasteiger partial charge in [0.05, 0.1) is 5.69 Å². The highest BCUT2D eigenvalue weighted by atomic mass is 32.1. The molecule has 2 aromatic rings. The summed E-state index contributed by atoms with van der Waals surface area (Å²) in [5.41, 5.74) is 1.56. The quantitative estimate of drug-likeness (QED) is 0.314. The van der Waals surface area contributed by atoms with Crippen molar-refractivity contribution in [3.63, 3.8) is 0 Å². The molecule has 0 aliphatic carbocycles. The lowest BCUT2D eigenvalue weighted by Crippen LogP contribution is -2.24. The largest absolute Gasteiger partial charge is 0.340 e. The molecular weight excluding hydrogens is 443 g/mol. The molecule has 0 spiro atoms. The minimum Gasteiger partial charge on any atom is -0.324 e. The van der Waals surface area contributed by atoms with Crippen molar-refractivity contribution in [2.24, 2.45) is 0 Å². The van der Waals surface area contributed by atoms with E-state index in [0.29, 0.717) is 16.8 Å². The van der Waals surface area contributed by atoms with Gasteiger partial charge in [-0.3, -0.25) is 18.2 Å². The molecule has 1 amide bonds. The fourth-order valence-electron chi connectivity index (χ4n) is 2.56. The third kappa shape index (κ3) is 5.99. The van der Waals surface area contributed by atoms with Crippen LogP contribution >= 0.6 is 37.2 Å². The minimum atomic E-state index is -4.94. The molecule has 0 radical (unpaired) electrons. The van der Waals surface area contributed by atoms with Crippen LogP contribution in [-0.2, 0) is 15.6 Å². The molecule has 0 aliphatic heterocycles. The van der Waals surface area contributed by atoms with Crippen LogP contribution in [-0.4, -0.2) is 30.9 Å². The van der Waals surface area contributed by atoms with Gasteiger partial charge in [-0.15, -0.1) is 9.24 Å². The van der Waals surface area contributed by atoms with E-state index in [1.54, 1.807) is 48.5 Å². The number of rotatable bonds is 7. The second-order valence-corrected chi connectivity index (χ2v) is 11.1. The standard InChI is InChI=1S/C16H20NO7P3S/c18-16(13-3-1-2-4-14(13)25)17(28)12-8-5-11(6-9-12)7-10-15(26(19,20)21)27(22,23)24/h1-6,8-9,15,28H,7,10,25H2,(H2,19,20,21)(H2,22,23,24). The Labute approximate surface area is 170 Å². The Morgan fingerprint density at radius 2 is 1.54 bits per heavy atom. The SMILES string of the molecule is O=C(c1ccccc1P)N(S)c1ccc(CCC(P(=O)(O)O)P(=O)(O)O)cc1. The molecule has 2 aromatic carbocycles.